The Kier molecular flexibility index (Phi) is 4.21. The van der Waals surface area contributed by atoms with Gasteiger partial charge in [-0.3, -0.25) is 9.78 Å². The Morgan fingerprint density at radius 3 is 2.92 bits per heavy atom. The molecule has 4 rings (SSSR count). The highest BCUT2D eigenvalue weighted by molar-refractivity contribution is 8.18. The van der Waals surface area contributed by atoms with Crippen LogP contribution in [0.5, 0.6) is 0 Å². The van der Waals surface area contributed by atoms with Gasteiger partial charge in [0.1, 0.15) is 0 Å². The van der Waals surface area contributed by atoms with Crippen molar-refractivity contribution in [2.75, 3.05) is 0 Å². The Bertz CT molecular complexity index is 1030. The second-order valence-corrected chi connectivity index (χ2v) is 6.74. The maximum absolute atomic E-state index is 12.2. The van der Waals surface area contributed by atoms with E-state index in [0.717, 1.165) is 16.5 Å². The second-order valence-electron chi connectivity index (χ2n) is 5.27. The lowest BCUT2D eigenvalue weighted by molar-refractivity contribution is -0.115. The quantitative estimate of drug-likeness (QED) is 0.691. The van der Waals surface area contributed by atoms with Crippen molar-refractivity contribution in [1.29, 1.82) is 0 Å². The van der Waals surface area contributed by atoms with E-state index in [1.807, 2.05) is 36.4 Å². The van der Waals surface area contributed by atoms with E-state index in [4.69, 9.17) is 11.6 Å². The third-order valence-corrected chi connectivity index (χ3v) is 4.64. The third kappa shape index (κ3) is 3.55. The number of hydrogen-bond donors (Lipinski definition) is 1. The van der Waals surface area contributed by atoms with Crippen molar-refractivity contribution in [3.05, 3.63) is 70.3 Å². The molecule has 0 unspecified atom stereocenters. The van der Waals surface area contributed by atoms with Crippen molar-refractivity contribution in [3.63, 3.8) is 0 Å². The van der Waals surface area contributed by atoms with Crippen molar-refractivity contribution in [1.82, 2.24) is 15.3 Å². The first-order valence-electron chi connectivity index (χ1n) is 7.43. The highest BCUT2D eigenvalue weighted by atomic mass is 35.5. The number of halogens is 1. The maximum atomic E-state index is 12.2. The molecule has 2 aromatic heterocycles. The van der Waals surface area contributed by atoms with Crippen LogP contribution in [0.2, 0.25) is 5.02 Å². The molecule has 5 nitrogen and oxygen atoms in total. The number of amidine groups is 1. The van der Waals surface area contributed by atoms with Gasteiger partial charge in [-0.05, 0) is 53.7 Å². The highest BCUT2D eigenvalue weighted by Gasteiger charge is 2.23. The van der Waals surface area contributed by atoms with Gasteiger partial charge in [0, 0.05) is 17.8 Å². The molecule has 0 bridgehead atoms. The predicted molar refractivity (Wildman–Crippen MR) is 102 cm³/mol. The number of thioether (sulfide) groups is 1. The van der Waals surface area contributed by atoms with Crippen LogP contribution in [0.3, 0.4) is 0 Å². The average molecular weight is 367 g/mol. The summed E-state index contributed by atoms with van der Waals surface area (Å²) in [4.78, 5) is 25.5. The zero-order valence-electron chi connectivity index (χ0n) is 12.8. The highest BCUT2D eigenvalue weighted by Crippen LogP contribution is 2.28. The zero-order valence-corrected chi connectivity index (χ0v) is 14.4. The monoisotopic (exact) mass is 366 g/mol. The molecule has 0 aliphatic carbocycles. The summed E-state index contributed by atoms with van der Waals surface area (Å²) < 4.78 is 0. The fraction of sp³-hybridized carbons (Fsp3) is 0. The third-order valence-electron chi connectivity index (χ3n) is 3.50. The number of pyridine rings is 2. The van der Waals surface area contributed by atoms with Gasteiger partial charge in [0.15, 0.2) is 11.0 Å². The Hall–Kier alpha value is -2.70. The fourth-order valence-corrected chi connectivity index (χ4v) is 3.30. The second kappa shape index (κ2) is 6.66. The van der Waals surface area contributed by atoms with Crippen LogP contribution in [0.15, 0.2) is 64.8 Å². The summed E-state index contributed by atoms with van der Waals surface area (Å²) in [5, 5.41) is 4.81. The zero-order chi connectivity index (χ0) is 17.2. The first-order valence-corrected chi connectivity index (χ1v) is 8.63. The van der Waals surface area contributed by atoms with E-state index in [2.05, 4.69) is 20.3 Å². The summed E-state index contributed by atoms with van der Waals surface area (Å²) in [5.74, 6) is 0.314. The maximum Gasteiger partial charge on any atom is 0.264 e. The van der Waals surface area contributed by atoms with E-state index in [0.29, 0.717) is 20.9 Å². The smallest absolute Gasteiger partial charge is 0.264 e. The molecule has 1 saturated heterocycles. The van der Waals surface area contributed by atoms with Crippen LogP contribution in [0.1, 0.15) is 5.56 Å². The number of carbonyl (C=O) groups is 1. The van der Waals surface area contributed by atoms with Crippen LogP contribution in [-0.2, 0) is 4.79 Å². The van der Waals surface area contributed by atoms with E-state index < -0.39 is 0 Å². The molecule has 3 heterocycles. The van der Waals surface area contributed by atoms with Gasteiger partial charge in [-0.15, -0.1) is 0 Å². The molecule has 0 saturated carbocycles. The van der Waals surface area contributed by atoms with E-state index in [-0.39, 0.29) is 5.91 Å². The van der Waals surface area contributed by atoms with Crippen molar-refractivity contribution in [2.45, 2.75) is 0 Å². The SMILES string of the molecule is O=C1NC(=Nc2ccc(Cl)cn2)S/C1=C/c1ccc2ncccc2c1. The van der Waals surface area contributed by atoms with E-state index >= 15 is 0 Å². The minimum absolute atomic E-state index is 0.177. The minimum atomic E-state index is -0.177. The molecule has 1 aliphatic heterocycles. The molecule has 122 valence electrons. The lowest BCUT2D eigenvalue weighted by Gasteiger charge is -1.99. The molecular formula is C18H11ClN4OS. The first-order chi connectivity index (χ1) is 12.2. The molecule has 7 heteroatoms. The van der Waals surface area contributed by atoms with Crippen LogP contribution in [0.4, 0.5) is 5.82 Å². The molecule has 0 spiro atoms. The summed E-state index contributed by atoms with van der Waals surface area (Å²) in [6, 6.07) is 13.2. The Balaban J connectivity index is 1.60. The molecule has 1 fully saturated rings. The number of fused-ring (bicyclic) bond motifs is 1. The van der Waals surface area contributed by atoms with Crippen LogP contribution in [-0.4, -0.2) is 21.0 Å². The molecule has 3 aromatic rings. The Labute approximate surface area is 152 Å². The normalized spacial score (nSPS) is 17.4. The number of nitrogens with zero attached hydrogens (tertiary/aromatic N) is 3. The van der Waals surface area contributed by atoms with Gasteiger partial charge >= 0.3 is 0 Å². The molecule has 1 aromatic carbocycles. The largest absolute Gasteiger partial charge is 0.300 e. The molecule has 1 aliphatic rings. The van der Waals surface area contributed by atoms with Gasteiger partial charge in [0.05, 0.1) is 15.4 Å². The summed E-state index contributed by atoms with van der Waals surface area (Å²) in [7, 11) is 0. The van der Waals surface area contributed by atoms with Crippen LogP contribution in [0, 0.1) is 0 Å². The summed E-state index contributed by atoms with van der Waals surface area (Å²) in [6.07, 6.45) is 5.11. The summed E-state index contributed by atoms with van der Waals surface area (Å²) in [6.45, 7) is 0. The van der Waals surface area contributed by atoms with Gasteiger partial charge in [-0.1, -0.05) is 23.7 Å². The minimum Gasteiger partial charge on any atom is -0.300 e. The Morgan fingerprint density at radius 1 is 1.16 bits per heavy atom. The number of benzene rings is 1. The molecule has 1 N–H and O–H groups in total. The lowest BCUT2D eigenvalue weighted by Crippen LogP contribution is -2.19. The van der Waals surface area contributed by atoms with Crippen molar-refractivity contribution in [3.8, 4) is 0 Å². The summed E-state index contributed by atoms with van der Waals surface area (Å²) >= 11 is 7.09. The molecule has 0 radical (unpaired) electrons. The van der Waals surface area contributed by atoms with Gasteiger partial charge in [-0.2, -0.15) is 0 Å². The lowest BCUT2D eigenvalue weighted by atomic mass is 10.1. The number of aromatic nitrogens is 2. The van der Waals surface area contributed by atoms with Crippen LogP contribution < -0.4 is 5.32 Å². The Morgan fingerprint density at radius 2 is 2.08 bits per heavy atom. The van der Waals surface area contributed by atoms with Gasteiger partial charge in [-0.25, -0.2) is 9.98 Å². The standard InChI is InChI=1S/C18H11ClN4OS/c19-13-4-6-16(21-10-13)22-18-23-17(24)15(25-18)9-11-3-5-14-12(8-11)2-1-7-20-14/h1-10H,(H,21,22,23,24)/b15-9+. The van der Waals surface area contributed by atoms with Crippen LogP contribution >= 0.6 is 23.4 Å². The van der Waals surface area contributed by atoms with Gasteiger partial charge < -0.3 is 5.32 Å². The van der Waals surface area contributed by atoms with Crippen LogP contribution in [0.25, 0.3) is 17.0 Å². The number of rotatable bonds is 2. The van der Waals surface area contributed by atoms with E-state index in [9.17, 15) is 4.79 Å². The van der Waals surface area contributed by atoms with E-state index in [1.165, 1.54) is 18.0 Å². The summed E-state index contributed by atoms with van der Waals surface area (Å²) in [5.41, 5.74) is 1.85. The van der Waals surface area contributed by atoms with Crippen molar-refractivity contribution in [2.24, 2.45) is 4.99 Å². The number of amides is 1. The first kappa shape index (κ1) is 15.8. The predicted octanol–water partition coefficient (Wildman–Crippen LogP) is 4.17. The average Bonchev–Trinajstić information content (AvgIpc) is 2.96. The number of hydrogen-bond acceptors (Lipinski definition) is 5. The van der Waals surface area contributed by atoms with Gasteiger partial charge in [0.25, 0.3) is 5.91 Å². The topological polar surface area (TPSA) is 67.2 Å². The molecular weight excluding hydrogens is 356 g/mol. The molecule has 0 atom stereocenters. The number of carbonyl (C=O) groups excluding carboxylic acids is 1. The van der Waals surface area contributed by atoms with Crippen molar-refractivity contribution < 1.29 is 4.79 Å². The van der Waals surface area contributed by atoms with Gasteiger partial charge in [0.2, 0.25) is 0 Å². The van der Waals surface area contributed by atoms with E-state index in [1.54, 1.807) is 18.3 Å². The number of aliphatic imine (C=N–C) groups is 1. The molecule has 1 amide bonds. The molecule has 25 heavy (non-hydrogen) atoms. The number of nitrogens with one attached hydrogen (secondary N) is 1. The fourth-order valence-electron chi connectivity index (χ4n) is 2.35. The van der Waals surface area contributed by atoms with Crippen molar-refractivity contribution >= 4 is 57.2 Å².